The Kier molecular flexibility index (Phi) is 6.19. The number of carbonyl (C=O) groups excluding carboxylic acids is 2. The van der Waals surface area contributed by atoms with Gasteiger partial charge in [0.2, 0.25) is 5.43 Å². The third-order valence-electron chi connectivity index (χ3n) is 5.87. The molecule has 12 heteroatoms. The number of carbonyl (C=O) groups is 2. The van der Waals surface area contributed by atoms with E-state index in [0.717, 1.165) is 12.3 Å². The van der Waals surface area contributed by atoms with E-state index in [4.69, 9.17) is 5.73 Å². The van der Waals surface area contributed by atoms with Crippen molar-refractivity contribution in [1.82, 2.24) is 4.57 Å². The van der Waals surface area contributed by atoms with E-state index in [-0.39, 0.29) is 35.7 Å². The maximum atomic E-state index is 15.1. The lowest BCUT2D eigenvalue weighted by molar-refractivity contribution is -0.193. The molecule has 1 aromatic heterocycles. The van der Waals surface area contributed by atoms with Crippen LogP contribution in [0.15, 0.2) is 34.5 Å². The van der Waals surface area contributed by atoms with E-state index in [2.05, 4.69) is 4.74 Å². The lowest BCUT2D eigenvalue weighted by Crippen LogP contribution is -2.33. The average Bonchev–Trinajstić information content (AvgIpc) is 3.63. The molecule has 2 N–H and O–H groups in total. The maximum absolute atomic E-state index is 15.1. The molecular formula is C22H20F5N3O4. The molecule has 0 amide bonds. The molecule has 1 saturated heterocycles. The molecule has 2 fully saturated rings. The summed E-state index contributed by atoms with van der Waals surface area (Å²) in [7, 11) is 0. The second kappa shape index (κ2) is 8.82. The first-order chi connectivity index (χ1) is 16.0. The second-order valence-electron chi connectivity index (χ2n) is 8.24. The van der Waals surface area contributed by atoms with Crippen LogP contribution in [0, 0.1) is 5.82 Å². The van der Waals surface area contributed by atoms with E-state index >= 15 is 4.39 Å². The fourth-order valence-electron chi connectivity index (χ4n) is 4.04. The van der Waals surface area contributed by atoms with Gasteiger partial charge in [-0.3, -0.25) is 4.79 Å². The summed E-state index contributed by atoms with van der Waals surface area (Å²) in [5, 5.41) is -0.247. The molecule has 0 radical (unpaired) electrons. The molecule has 1 saturated carbocycles. The van der Waals surface area contributed by atoms with Gasteiger partial charge >= 0.3 is 18.1 Å². The monoisotopic (exact) mass is 485 g/mol. The zero-order valence-corrected chi connectivity index (χ0v) is 17.8. The Balaban J connectivity index is 1.79. The van der Waals surface area contributed by atoms with E-state index in [9.17, 15) is 31.9 Å². The van der Waals surface area contributed by atoms with Crippen molar-refractivity contribution in [3.8, 4) is 0 Å². The third kappa shape index (κ3) is 4.54. The number of aromatic nitrogens is 1. The van der Waals surface area contributed by atoms with E-state index in [1.54, 1.807) is 4.90 Å². The Morgan fingerprint density at radius 2 is 1.91 bits per heavy atom. The standard InChI is InChI=1S/C22H20F5N3O4/c23-15-6-13-17(7-18(15)29-5-1-2-11(9-29)16(24)8-28)30(12-3-4-12)10-14(19(13)31)20(32)34-21(33)22(25,26)27/h6-7,10,12H,1-5,8-9,28H2/b16-11-. The maximum Gasteiger partial charge on any atom is 0.491 e. The molecule has 1 aliphatic carbocycles. The fraction of sp³-hybridized carbons (Fsp3) is 0.409. The Hall–Kier alpha value is -3.28. The van der Waals surface area contributed by atoms with Crippen LogP contribution >= 0.6 is 0 Å². The summed E-state index contributed by atoms with van der Waals surface area (Å²) in [6, 6.07) is 2.13. The zero-order chi connectivity index (χ0) is 24.8. The van der Waals surface area contributed by atoms with Crippen LogP contribution in [0.3, 0.4) is 0 Å². The largest absolute Gasteiger partial charge is 0.491 e. The van der Waals surface area contributed by atoms with E-state index in [0.29, 0.717) is 37.8 Å². The van der Waals surface area contributed by atoms with Gasteiger partial charge in [-0.1, -0.05) is 0 Å². The predicted molar refractivity (Wildman–Crippen MR) is 112 cm³/mol. The quantitative estimate of drug-likeness (QED) is 0.405. The van der Waals surface area contributed by atoms with Gasteiger partial charge in [0.25, 0.3) is 0 Å². The molecule has 2 aromatic rings. The van der Waals surface area contributed by atoms with Crippen LogP contribution in [0.4, 0.5) is 27.6 Å². The van der Waals surface area contributed by atoms with Crippen LogP contribution in [0.5, 0.6) is 0 Å². The number of ether oxygens (including phenoxy) is 1. The highest BCUT2D eigenvalue weighted by atomic mass is 19.4. The number of benzene rings is 1. The highest BCUT2D eigenvalue weighted by molar-refractivity contribution is 6.00. The summed E-state index contributed by atoms with van der Waals surface area (Å²) in [4.78, 5) is 37.7. The molecule has 2 heterocycles. The molecule has 0 unspecified atom stereocenters. The van der Waals surface area contributed by atoms with Gasteiger partial charge in [0.1, 0.15) is 17.2 Å². The summed E-state index contributed by atoms with van der Waals surface area (Å²) in [6.45, 7) is 0.283. The summed E-state index contributed by atoms with van der Waals surface area (Å²) in [6.07, 6.45) is -2.00. The van der Waals surface area contributed by atoms with Crippen LogP contribution in [0.25, 0.3) is 10.9 Å². The highest BCUT2D eigenvalue weighted by Crippen LogP contribution is 2.38. The molecule has 4 rings (SSSR count). The number of anilines is 1. The van der Waals surface area contributed by atoms with E-state index in [1.807, 2.05) is 0 Å². The minimum absolute atomic E-state index is 0.114. The number of rotatable bonds is 4. The predicted octanol–water partition coefficient (Wildman–Crippen LogP) is 3.50. The highest BCUT2D eigenvalue weighted by Gasteiger charge is 2.43. The van der Waals surface area contributed by atoms with Gasteiger partial charge in [-0.05, 0) is 43.4 Å². The number of halogens is 5. The molecule has 1 aliphatic heterocycles. The van der Waals surface area contributed by atoms with Gasteiger partial charge in [0, 0.05) is 37.3 Å². The molecule has 1 aromatic carbocycles. The summed E-state index contributed by atoms with van der Waals surface area (Å²) >= 11 is 0. The van der Waals surface area contributed by atoms with Crippen LogP contribution in [0.2, 0.25) is 0 Å². The van der Waals surface area contributed by atoms with Crippen molar-refractivity contribution in [3.63, 3.8) is 0 Å². The fourth-order valence-corrected chi connectivity index (χ4v) is 4.04. The zero-order valence-electron chi connectivity index (χ0n) is 17.8. The van der Waals surface area contributed by atoms with Crippen LogP contribution < -0.4 is 16.1 Å². The minimum Gasteiger partial charge on any atom is -0.382 e. The summed E-state index contributed by atoms with van der Waals surface area (Å²) in [5.74, 6) is -5.80. The van der Waals surface area contributed by atoms with E-state index < -0.39 is 40.8 Å². The van der Waals surface area contributed by atoms with Gasteiger partial charge < -0.3 is 19.9 Å². The first-order valence-corrected chi connectivity index (χ1v) is 10.5. The number of hydrogen-bond acceptors (Lipinski definition) is 6. The second-order valence-corrected chi connectivity index (χ2v) is 8.24. The molecule has 0 atom stereocenters. The number of piperidine rings is 1. The Labute approximate surface area is 189 Å². The minimum atomic E-state index is -5.42. The van der Waals surface area contributed by atoms with Crippen molar-refractivity contribution >= 4 is 28.5 Å². The number of nitrogens with zero attached hydrogens (tertiary/aromatic N) is 2. The number of esters is 2. The van der Waals surface area contributed by atoms with Crippen molar-refractivity contribution in [2.45, 2.75) is 37.9 Å². The Bertz CT molecular complexity index is 1260. The van der Waals surface area contributed by atoms with Crippen LogP contribution in [-0.2, 0) is 9.53 Å². The van der Waals surface area contributed by atoms with Gasteiger partial charge in [0.05, 0.1) is 11.2 Å². The Morgan fingerprint density at radius 3 is 2.53 bits per heavy atom. The number of nitrogens with two attached hydrogens (primary N) is 1. The third-order valence-corrected chi connectivity index (χ3v) is 5.87. The molecule has 34 heavy (non-hydrogen) atoms. The lowest BCUT2D eigenvalue weighted by atomic mass is 10.0. The van der Waals surface area contributed by atoms with Crippen LogP contribution in [0.1, 0.15) is 42.1 Å². The molecule has 2 aliphatic rings. The van der Waals surface area contributed by atoms with E-state index in [1.165, 1.54) is 10.6 Å². The SMILES string of the molecule is NC/C(F)=C1\CCCN(c2cc3c(cc2F)c(=O)c(C(=O)OC(=O)C(F)(F)F)cn3C2CC2)C1. The van der Waals surface area contributed by atoms with Crippen molar-refractivity contribution in [1.29, 1.82) is 0 Å². The van der Waals surface area contributed by atoms with Crippen LogP contribution in [-0.4, -0.2) is 42.3 Å². The summed E-state index contributed by atoms with van der Waals surface area (Å²) in [5.41, 5.74) is 4.34. The van der Waals surface area contributed by atoms with Gasteiger partial charge in [-0.25, -0.2) is 18.4 Å². The first kappa shape index (κ1) is 23.9. The topological polar surface area (TPSA) is 94.6 Å². The smallest absolute Gasteiger partial charge is 0.382 e. The van der Waals surface area contributed by atoms with Crippen molar-refractivity contribution in [2.75, 3.05) is 24.5 Å². The molecule has 0 spiro atoms. The Morgan fingerprint density at radius 1 is 1.21 bits per heavy atom. The first-order valence-electron chi connectivity index (χ1n) is 10.5. The number of fused-ring (bicyclic) bond motifs is 1. The average molecular weight is 485 g/mol. The van der Waals surface area contributed by atoms with Gasteiger partial charge in [-0.15, -0.1) is 0 Å². The van der Waals surface area contributed by atoms with Crippen molar-refractivity contribution < 1.29 is 36.3 Å². The number of alkyl halides is 3. The molecule has 7 nitrogen and oxygen atoms in total. The van der Waals surface area contributed by atoms with Crippen molar-refractivity contribution in [2.24, 2.45) is 5.73 Å². The summed E-state index contributed by atoms with van der Waals surface area (Å²) < 4.78 is 71.8. The molecular weight excluding hydrogens is 465 g/mol. The van der Waals surface area contributed by atoms with Crippen molar-refractivity contribution in [3.05, 3.63) is 51.3 Å². The molecule has 0 bridgehead atoms. The normalized spacial score (nSPS) is 18.2. The lowest BCUT2D eigenvalue weighted by Gasteiger charge is -2.31. The molecule has 182 valence electrons. The number of pyridine rings is 1. The van der Waals surface area contributed by atoms with Gasteiger partial charge in [-0.2, -0.15) is 13.2 Å². The van der Waals surface area contributed by atoms with Gasteiger partial charge in [0.15, 0.2) is 0 Å². The number of hydrogen-bond donors (Lipinski definition) is 1.